The molecule has 3 rings (SSSR count). The number of hydrogen-bond donors (Lipinski definition) is 3. The van der Waals surface area contributed by atoms with Crippen LogP contribution in [0, 0.1) is 23.7 Å². The number of halogens is 3. The maximum Gasteiger partial charge on any atom is 0.392 e. The Kier molecular flexibility index (Phi) is 10.8. The molecule has 0 bridgehead atoms. The number of alkyl halides is 3. The fourth-order valence-electron chi connectivity index (χ4n) is 6.88. The lowest BCUT2D eigenvalue weighted by Crippen LogP contribution is -2.53. The van der Waals surface area contributed by atoms with Crippen LogP contribution in [0.5, 0.6) is 0 Å². The van der Waals surface area contributed by atoms with Gasteiger partial charge in [0.05, 0.1) is 24.7 Å². The number of unbranched alkanes of at least 4 members (excludes halogenated alkanes) is 4. The van der Waals surface area contributed by atoms with E-state index in [0.29, 0.717) is 25.3 Å². The standard InChI is InChI=1S/C26H46F3NO3/c27-26(28,29)23-15-19(12-13-22(23)20-10-6-4-7-11-20)9-5-2-1-3-8-14-30-17-25(33)24(32)16-21(30)18-31/h19-25,31-33H,1-18H2/t19?,21-,22?,23?,24?,25+/m1/s1. The first-order valence-electron chi connectivity index (χ1n) is 13.6. The zero-order chi connectivity index (χ0) is 23.8. The minimum atomic E-state index is -4.05. The summed E-state index contributed by atoms with van der Waals surface area (Å²) in [6.07, 6.45) is 8.42. The Bertz CT molecular complexity index is 555. The van der Waals surface area contributed by atoms with E-state index >= 15 is 0 Å². The van der Waals surface area contributed by atoms with E-state index in [1.807, 2.05) is 0 Å². The highest BCUT2D eigenvalue weighted by atomic mass is 19.4. The molecule has 2 aliphatic carbocycles. The van der Waals surface area contributed by atoms with Crippen molar-refractivity contribution in [3.05, 3.63) is 0 Å². The van der Waals surface area contributed by atoms with E-state index in [0.717, 1.165) is 83.6 Å². The molecular formula is C26H46F3NO3. The summed E-state index contributed by atoms with van der Waals surface area (Å²) in [7, 11) is 0. The van der Waals surface area contributed by atoms with Crippen LogP contribution in [-0.4, -0.2) is 64.3 Å². The van der Waals surface area contributed by atoms with E-state index in [1.54, 1.807) is 0 Å². The monoisotopic (exact) mass is 477 g/mol. The first kappa shape index (κ1) is 27.2. The van der Waals surface area contributed by atoms with Crippen molar-refractivity contribution >= 4 is 0 Å². The maximum absolute atomic E-state index is 13.9. The average Bonchev–Trinajstić information content (AvgIpc) is 2.80. The van der Waals surface area contributed by atoms with Gasteiger partial charge in [0, 0.05) is 12.6 Å². The normalized spacial score (nSPS) is 35.1. The van der Waals surface area contributed by atoms with Crippen LogP contribution < -0.4 is 0 Å². The summed E-state index contributed by atoms with van der Waals surface area (Å²) in [5, 5.41) is 29.2. The van der Waals surface area contributed by atoms with Crippen LogP contribution in [0.25, 0.3) is 0 Å². The van der Waals surface area contributed by atoms with Gasteiger partial charge in [-0.1, -0.05) is 70.6 Å². The lowest BCUT2D eigenvalue weighted by Gasteiger charge is -2.42. The van der Waals surface area contributed by atoms with Crippen LogP contribution in [0.2, 0.25) is 0 Å². The van der Waals surface area contributed by atoms with Crippen LogP contribution in [0.4, 0.5) is 13.2 Å². The predicted molar refractivity (Wildman–Crippen MR) is 124 cm³/mol. The molecule has 6 atom stereocenters. The molecule has 0 radical (unpaired) electrons. The molecule has 0 aromatic carbocycles. The zero-order valence-corrected chi connectivity index (χ0v) is 20.2. The summed E-state index contributed by atoms with van der Waals surface area (Å²) in [6, 6.07) is -0.0892. The van der Waals surface area contributed by atoms with E-state index in [2.05, 4.69) is 4.90 Å². The van der Waals surface area contributed by atoms with Gasteiger partial charge >= 0.3 is 6.18 Å². The molecule has 0 amide bonds. The predicted octanol–water partition coefficient (Wildman–Crippen LogP) is 5.29. The van der Waals surface area contributed by atoms with Gasteiger partial charge in [-0.05, 0) is 50.0 Å². The minimum Gasteiger partial charge on any atom is -0.395 e. The van der Waals surface area contributed by atoms with Gasteiger partial charge in [0.25, 0.3) is 0 Å². The minimum absolute atomic E-state index is 0.00824. The topological polar surface area (TPSA) is 63.9 Å². The Labute approximate surface area is 197 Å². The Morgan fingerprint density at radius 2 is 1.48 bits per heavy atom. The Morgan fingerprint density at radius 3 is 2.18 bits per heavy atom. The Morgan fingerprint density at radius 1 is 0.788 bits per heavy atom. The smallest absolute Gasteiger partial charge is 0.392 e. The summed E-state index contributed by atoms with van der Waals surface area (Å²) in [5.74, 6) is -0.708. The molecule has 4 nitrogen and oxygen atoms in total. The third kappa shape index (κ3) is 8.08. The molecule has 1 saturated heterocycles. The van der Waals surface area contributed by atoms with E-state index in [-0.39, 0.29) is 24.5 Å². The summed E-state index contributed by atoms with van der Waals surface area (Å²) >= 11 is 0. The van der Waals surface area contributed by atoms with Crippen molar-refractivity contribution in [1.82, 2.24) is 4.90 Å². The second-order valence-electron chi connectivity index (χ2n) is 11.1. The van der Waals surface area contributed by atoms with E-state index in [1.165, 1.54) is 6.42 Å². The second kappa shape index (κ2) is 13.1. The molecule has 3 fully saturated rings. The van der Waals surface area contributed by atoms with Crippen LogP contribution in [0.1, 0.15) is 96.3 Å². The fraction of sp³-hybridized carbons (Fsp3) is 1.00. The quantitative estimate of drug-likeness (QED) is 0.374. The molecule has 1 aliphatic heterocycles. The van der Waals surface area contributed by atoms with Crippen LogP contribution in [-0.2, 0) is 0 Å². The van der Waals surface area contributed by atoms with E-state index < -0.39 is 24.3 Å². The highest BCUT2D eigenvalue weighted by Crippen LogP contribution is 2.50. The number of aliphatic hydroxyl groups excluding tert-OH is 3. The molecule has 0 aromatic rings. The molecular weight excluding hydrogens is 431 g/mol. The first-order chi connectivity index (χ1) is 15.8. The van der Waals surface area contributed by atoms with Gasteiger partial charge in [-0.15, -0.1) is 0 Å². The van der Waals surface area contributed by atoms with Crippen molar-refractivity contribution in [2.24, 2.45) is 23.7 Å². The number of likely N-dealkylation sites (tertiary alicyclic amines) is 1. The summed E-state index contributed by atoms with van der Waals surface area (Å²) in [5.41, 5.74) is 0. The lowest BCUT2D eigenvalue weighted by atomic mass is 9.64. The molecule has 194 valence electrons. The summed E-state index contributed by atoms with van der Waals surface area (Å²) in [6.45, 7) is 1.19. The van der Waals surface area contributed by atoms with Crippen LogP contribution in [0.15, 0.2) is 0 Å². The number of hydrogen-bond acceptors (Lipinski definition) is 4. The second-order valence-corrected chi connectivity index (χ2v) is 11.1. The van der Waals surface area contributed by atoms with Crippen molar-refractivity contribution in [3.8, 4) is 0 Å². The first-order valence-corrected chi connectivity index (χ1v) is 13.6. The van der Waals surface area contributed by atoms with Gasteiger partial charge < -0.3 is 15.3 Å². The largest absolute Gasteiger partial charge is 0.395 e. The lowest BCUT2D eigenvalue weighted by molar-refractivity contribution is -0.208. The Balaban J connectivity index is 1.31. The van der Waals surface area contributed by atoms with Crippen molar-refractivity contribution < 1.29 is 28.5 Å². The molecule has 4 unspecified atom stereocenters. The maximum atomic E-state index is 13.9. The van der Waals surface area contributed by atoms with Crippen LogP contribution >= 0.6 is 0 Å². The highest BCUT2D eigenvalue weighted by molar-refractivity contribution is 4.89. The molecule has 33 heavy (non-hydrogen) atoms. The third-order valence-corrected chi connectivity index (χ3v) is 8.85. The van der Waals surface area contributed by atoms with Gasteiger partial charge in [0.15, 0.2) is 0 Å². The SMILES string of the molecule is OC[C@H]1CC(O)[C@@H](O)CN1CCCCCCCC1CCC(C2CCCCC2)C(C(F)(F)F)C1. The highest BCUT2D eigenvalue weighted by Gasteiger charge is 2.49. The number of piperidine rings is 1. The van der Waals surface area contributed by atoms with Gasteiger partial charge in [-0.25, -0.2) is 0 Å². The van der Waals surface area contributed by atoms with Crippen molar-refractivity contribution in [1.29, 1.82) is 0 Å². The number of aliphatic hydroxyl groups is 3. The third-order valence-electron chi connectivity index (χ3n) is 8.85. The molecule has 7 heteroatoms. The van der Waals surface area contributed by atoms with Gasteiger partial charge in [-0.2, -0.15) is 13.2 Å². The zero-order valence-electron chi connectivity index (χ0n) is 20.2. The van der Waals surface area contributed by atoms with Crippen molar-refractivity contribution in [3.63, 3.8) is 0 Å². The average molecular weight is 478 g/mol. The van der Waals surface area contributed by atoms with Gasteiger partial charge in [-0.3, -0.25) is 4.90 Å². The number of rotatable bonds is 10. The molecule has 3 aliphatic rings. The van der Waals surface area contributed by atoms with Gasteiger partial charge in [0.1, 0.15) is 0 Å². The number of β-amino-alcohol motifs (C(OH)–C–C–N with tert-alkyl or cyclic N) is 1. The molecule has 2 saturated carbocycles. The number of nitrogens with zero attached hydrogens (tertiary/aromatic N) is 1. The molecule has 1 heterocycles. The Hall–Kier alpha value is -0.370. The van der Waals surface area contributed by atoms with Crippen molar-refractivity contribution in [2.45, 2.75) is 121 Å². The van der Waals surface area contributed by atoms with E-state index in [4.69, 9.17) is 0 Å². The molecule has 0 spiro atoms. The molecule has 3 N–H and O–H groups in total. The van der Waals surface area contributed by atoms with Gasteiger partial charge in [0.2, 0.25) is 0 Å². The fourth-order valence-corrected chi connectivity index (χ4v) is 6.88. The summed E-state index contributed by atoms with van der Waals surface area (Å²) in [4.78, 5) is 2.07. The van der Waals surface area contributed by atoms with Crippen molar-refractivity contribution in [2.75, 3.05) is 19.7 Å². The summed E-state index contributed by atoms with van der Waals surface area (Å²) < 4.78 is 41.6. The molecule has 0 aromatic heterocycles. The van der Waals surface area contributed by atoms with Crippen LogP contribution in [0.3, 0.4) is 0 Å². The van der Waals surface area contributed by atoms with E-state index in [9.17, 15) is 28.5 Å².